The number of aryl methyl sites for hydroxylation is 1. The van der Waals surface area contributed by atoms with Crippen LogP contribution in [0.1, 0.15) is 11.3 Å². The summed E-state index contributed by atoms with van der Waals surface area (Å²) in [7, 11) is 0. The number of benzene rings is 2. The first-order valence-corrected chi connectivity index (χ1v) is 7.63. The molecule has 3 aromatic rings. The average molecular weight is 342 g/mol. The Kier molecular flexibility index (Phi) is 4.74. The van der Waals surface area contributed by atoms with Crippen molar-refractivity contribution in [1.29, 1.82) is 0 Å². The van der Waals surface area contributed by atoms with Gasteiger partial charge in [-0.25, -0.2) is 18.3 Å². The van der Waals surface area contributed by atoms with Gasteiger partial charge in [-0.2, -0.15) is 5.10 Å². The van der Waals surface area contributed by atoms with Gasteiger partial charge in [0.25, 0.3) is 0 Å². The van der Waals surface area contributed by atoms with E-state index >= 15 is 0 Å². The van der Waals surface area contributed by atoms with Crippen molar-refractivity contribution < 1.29 is 13.6 Å². The zero-order valence-electron chi connectivity index (χ0n) is 13.5. The second-order valence-electron chi connectivity index (χ2n) is 5.52. The number of amides is 2. The molecule has 1 aromatic heterocycles. The first kappa shape index (κ1) is 16.6. The highest BCUT2D eigenvalue weighted by Gasteiger charge is 2.12. The Morgan fingerprint density at radius 3 is 2.56 bits per heavy atom. The maximum atomic E-state index is 13.6. The quantitative estimate of drug-likeness (QED) is 0.748. The lowest BCUT2D eigenvalue weighted by molar-refractivity contribution is 0.262. The third-order valence-corrected chi connectivity index (χ3v) is 3.50. The lowest BCUT2D eigenvalue weighted by Crippen LogP contribution is -2.22. The Bertz CT molecular complexity index is 893. The van der Waals surface area contributed by atoms with Crippen molar-refractivity contribution >= 4 is 17.5 Å². The van der Waals surface area contributed by atoms with Gasteiger partial charge in [0.15, 0.2) is 0 Å². The van der Waals surface area contributed by atoms with E-state index in [1.165, 1.54) is 0 Å². The molecule has 0 saturated carbocycles. The van der Waals surface area contributed by atoms with Gasteiger partial charge >= 0.3 is 6.03 Å². The summed E-state index contributed by atoms with van der Waals surface area (Å²) in [6.45, 7) is 2.29. The van der Waals surface area contributed by atoms with Gasteiger partial charge in [0.05, 0.1) is 17.9 Å². The van der Waals surface area contributed by atoms with E-state index in [0.717, 1.165) is 23.4 Å². The lowest BCUT2D eigenvalue weighted by atomic mass is 10.2. The van der Waals surface area contributed by atoms with Crippen molar-refractivity contribution in [2.75, 3.05) is 10.6 Å². The van der Waals surface area contributed by atoms with Crippen molar-refractivity contribution in [1.82, 2.24) is 9.78 Å². The number of hydrogen-bond donors (Lipinski definition) is 2. The van der Waals surface area contributed by atoms with Crippen LogP contribution in [0.5, 0.6) is 0 Å². The first-order valence-electron chi connectivity index (χ1n) is 7.63. The second kappa shape index (κ2) is 7.12. The zero-order valence-corrected chi connectivity index (χ0v) is 13.5. The van der Waals surface area contributed by atoms with E-state index in [-0.39, 0.29) is 5.69 Å². The number of anilines is 2. The molecule has 0 atom stereocenters. The molecule has 3 rings (SSSR count). The third-order valence-electron chi connectivity index (χ3n) is 3.50. The molecule has 1 heterocycles. The molecule has 0 radical (unpaired) electrons. The van der Waals surface area contributed by atoms with Crippen LogP contribution in [0.2, 0.25) is 0 Å². The normalized spacial score (nSPS) is 10.5. The molecule has 25 heavy (non-hydrogen) atoms. The van der Waals surface area contributed by atoms with E-state index in [4.69, 9.17) is 0 Å². The minimum absolute atomic E-state index is 0.107. The summed E-state index contributed by atoms with van der Waals surface area (Å²) in [6.07, 6.45) is 0. The molecule has 0 bridgehead atoms. The highest BCUT2D eigenvalue weighted by Crippen LogP contribution is 2.17. The van der Waals surface area contributed by atoms with Gasteiger partial charge in [-0.1, -0.05) is 30.3 Å². The summed E-state index contributed by atoms with van der Waals surface area (Å²) < 4.78 is 28.2. The Morgan fingerprint density at radius 1 is 1.08 bits per heavy atom. The molecule has 128 valence electrons. The molecule has 0 fully saturated rings. The monoisotopic (exact) mass is 342 g/mol. The maximum absolute atomic E-state index is 13.6. The van der Waals surface area contributed by atoms with E-state index in [0.29, 0.717) is 18.4 Å². The van der Waals surface area contributed by atoms with Crippen molar-refractivity contribution in [3.05, 3.63) is 77.5 Å². The summed E-state index contributed by atoms with van der Waals surface area (Å²) in [5, 5.41) is 9.33. The molecule has 2 aromatic carbocycles. The number of rotatable bonds is 4. The van der Waals surface area contributed by atoms with E-state index in [1.807, 2.05) is 37.3 Å². The molecule has 0 saturated heterocycles. The van der Waals surface area contributed by atoms with Crippen molar-refractivity contribution in [2.24, 2.45) is 0 Å². The molecule has 0 aliphatic heterocycles. The number of hydrogen-bond acceptors (Lipinski definition) is 2. The fourth-order valence-corrected chi connectivity index (χ4v) is 2.38. The summed E-state index contributed by atoms with van der Waals surface area (Å²) in [5.41, 5.74) is 1.66. The standard InChI is InChI=1S/C18H16F2N4O/c1-12-9-17(24(23-12)11-13-5-3-2-4-6-13)22-18(25)21-16-8-7-14(19)10-15(16)20/h2-10H,11H2,1H3,(H2,21,22,25). The highest BCUT2D eigenvalue weighted by molar-refractivity contribution is 5.99. The Hall–Kier alpha value is -3.22. The number of urea groups is 1. The number of aromatic nitrogens is 2. The Balaban J connectivity index is 1.73. The topological polar surface area (TPSA) is 59.0 Å². The highest BCUT2D eigenvalue weighted by atomic mass is 19.1. The molecular formula is C18H16F2N4O. The van der Waals surface area contributed by atoms with Crippen LogP contribution in [0.25, 0.3) is 0 Å². The zero-order chi connectivity index (χ0) is 17.8. The van der Waals surface area contributed by atoms with Crippen LogP contribution in [-0.2, 0) is 6.54 Å². The summed E-state index contributed by atoms with van der Waals surface area (Å²) in [4.78, 5) is 12.1. The SMILES string of the molecule is Cc1cc(NC(=O)Nc2ccc(F)cc2F)n(Cc2ccccc2)n1. The Morgan fingerprint density at radius 2 is 1.84 bits per heavy atom. The van der Waals surface area contributed by atoms with Gasteiger partial charge in [-0.3, -0.25) is 5.32 Å². The lowest BCUT2D eigenvalue weighted by Gasteiger charge is -2.10. The van der Waals surface area contributed by atoms with Crippen LogP contribution in [0.4, 0.5) is 25.1 Å². The van der Waals surface area contributed by atoms with E-state index in [2.05, 4.69) is 15.7 Å². The predicted octanol–water partition coefficient (Wildman–Crippen LogP) is 4.16. The number of carbonyl (C=O) groups excluding carboxylic acids is 1. The van der Waals surface area contributed by atoms with E-state index in [1.54, 1.807) is 10.7 Å². The van der Waals surface area contributed by atoms with Crippen molar-refractivity contribution in [3.63, 3.8) is 0 Å². The number of nitrogens with one attached hydrogen (secondary N) is 2. The predicted molar refractivity (Wildman–Crippen MR) is 91.5 cm³/mol. The number of carbonyl (C=O) groups is 1. The van der Waals surface area contributed by atoms with Crippen LogP contribution < -0.4 is 10.6 Å². The number of nitrogens with zero attached hydrogens (tertiary/aromatic N) is 2. The summed E-state index contributed by atoms with van der Waals surface area (Å²) in [5.74, 6) is -1.08. The van der Waals surface area contributed by atoms with Gasteiger partial charge < -0.3 is 5.32 Å². The first-order chi connectivity index (χ1) is 12.0. The smallest absolute Gasteiger partial charge is 0.305 e. The van der Waals surface area contributed by atoms with Gasteiger partial charge in [-0.15, -0.1) is 0 Å². The fourth-order valence-electron chi connectivity index (χ4n) is 2.38. The van der Waals surface area contributed by atoms with Crippen LogP contribution in [0.15, 0.2) is 54.6 Å². The van der Waals surface area contributed by atoms with Crippen LogP contribution in [0.3, 0.4) is 0 Å². The van der Waals surface area contributed by atoms with E-state index < -0.39 is 17.7 Å². The summed E-state index contributed by atoms with van der Waals surface area (Å²) in [6, 6.07) is 13.7. The maximum Gasteiger partial charge on any atom is 0.324 e. The van der Waals surface area contributed by atoms with Crippen LogP contribution in [0, 0.1) is 18.6 Å². The molecule has 0 spiro atoms. The van der Waals surface area contributed by atoms with Gasteiger partial charge in [-0.05, 0) is 24.6 Å². The van der Waals surface area contributed by atoms with Crippen LogP contribution >= 0.6 is 0 Å². The van der Waals surface area contributed by atoms with Crippen LogP contribution in [-0.4, -0.2) is 15.8 Å². The summed E-state index contributed by atoms with van der Waals surface area (Å²) >= 11 is 0. The van der Waals surface area contributed by atoms with Gasteiger partial charge in [0, 0.05) is 12.1 Å². The molecular weight excluding hydrogens is 326 g/mol. The minimum atomic E-state index is -0.843. The average Bonchev–Trinajstić information content (AvgIpc) is 2.90. The number of halogens is 2. The molecule has 2 N–H and O–H groups in total. The molecule has 0 aliphatic rings. The minimum Gasteiger partial charge on any atom is -0.305 e. The van der Waals surface area contributed by atoms with Crippen molar-refractivity contribution in [2.45, 2.75) is 13.5 Å². The molecule has 2 amide bonds. The molecule has 0 aliphatic carbocycles. The molecule has 7 heteroatoms. The molecule has 0 unspecified atom stereocenters. The van der Waals surface area contributed by atoms with E-state index in [9.17, 15) is 13.6 Å². The fraction of sp³-hybridized carbons (Fsp3) is 0.111. The van der Waals surface area contributed by atoms with Crippen molar-refractivity contribution in [3.8, 4) is 0 Å². The Labute approximate surface area is 143 Å². The largest absolute Gasteiger partial charge is 0.324 e. The third kappa shape index (κ3) is 4.20. The molecule has 5 nitrogen and oxygen atoms in total. The van der Waals surface area contributed by atoms with Gasteiger partial charge in [0.2, 0.25) is 0 Å². The second-order valence-corrected chi connectivity index (χ2v) is 5.52. The van der Waals surface area contributed by atoms with Gasteiger partial charge in [0.1, 0.15) is 17.5 Å².